The highest BCUT2D eigenvalue weighted by Crippen LogP contribution is 2.41. The first-order chi connectivity index (χ1) is 30.5. The first-order valence-electron chi connectivity index (χ1n) is 22.2. The highest BCUT2D eigenvalue weighted by molar-refractivity contribution is 7.86. The van der Waals surface area contributed by atoms with E-state index in [1.54, 1.807) is 39.0 Å². The van der Waals surface area contributed by atoms with Gasteiger partial charge in [0.15, 0.2) is 0 Å². The van der Waals surface area contributed by atoms with Gasteiger partial charge in [0.25, 0.3) is 20.2 Å². The molecule has 0 aliphatic heterocycles. The minimum Gasteiger partial charge on any atom is -0.480 e. The molecular weight excluding hydrogens is 897 g/mol. The second kappa shape index (κ2) is 29.1. The van der Waals surface area contributed by atoms with Crippen LogP contribution in [-0.4, -0.2) is 85.0 Å². The Morgan fingerprint density at radius 3 is 1.37 bits per heavy atom. The van der Waals surface area contributed by atoms with E-state index in [4.69, 9.17) is 18.9 Å². The highest BCUT2D eigenvalue weighted by atomic mass is 32.2. The van der Waals surface area contributed by atoms with E-state index in [9.17, 15) is 36.0 Å². The Morgan fingerprint density at radius 2 is 1.03 bits per heavy atom. The number of carbonyl (C=O) groups is 4. The van der Waals surface area contributed by atoms with Crippen molar-refractivity contribution in [2.45, 2.75) is 147 Å². The van der Waals surface area contributed by atoms with Crippen molar-refractivity contribution in [3.8, 4) is 0 Å². The van der Waals surface area contributed by atoms with Crippen LogP contribution in [0, 0.1) is 10.8 Å². The number of ether oxygens (including phenoxy) is 1. The molecule has 67 heavy (non-hydrogen) atoms. The van der Waals surface area contributed by atoms with E-state index in [0.29, 0.717) is 11.1 Å². The number of nitrogens with one attached hydrogen (secondary N) is 2. The summed E-state index contributed by atoms with van der Waals surface area (Å²) in [6.45, 7) is 22.6. The van der Waals surface area contributed by atoms with Crippen LogP contribution in [0.3, 0.4) is 0 Å². The second-order valence-corrected chi connectivity index (χ2v) is 21.4. The number of carboxylic acid groups (broad SMARTS) is 1. The molecule has 0 spiro atoms. The number of esters is 1. The average Bonchev–Trinajstić information content (AvgIpc) is 3.16. The Kier molecular flexibility index (Phi) is 27.0. The van der Waals surface area contributed by atoms with Gasteiger partial charge in [-0.15, -0.1) is 0 Å². The molecular formula is C51H78N2O12S2. The fourth-order valence-electron chi connectivity index (χ4n) is 7.48. The lowest BCUT2D eigenvalue weighted by Gasteiger charge is -2.33. The lowest BCUT2D eigenvalue weighted by Crippen LogP contribution is -2.42. The van der Waals surface area contributed by atoms with Gasteiger partial charge in [0.1, 0.15) is 12.1 Å². The standard InChI is InChI=1S/C26H39NO6S.C24H35NO6S.CH4/c1-7-33-25(29)23(15-17-34(30,31)32)27-24(28)18-20(3)11-8-10-19(2)13-14-22-21(4)12-9-16-26(22,5)6;1-17(11-12-20-19(3)10-7-14-24(20,4)5)8-6-9-18(2)16-22(26)25-21(23(27)28)13-15-32(29,30)31;/h8,10-11,13-14,18,23H,7,9,12,15-17H2,1-6H3,(H,27,28)(H,30,31,32);6,8-9,11-12,16,21H,7,10,13-15H2,1-5H3,(H,25,26)(H,27,28)(H,29,30,31);1H4/b11-8+,14-13+,19-10+,20-18-;9-6+,12-11+,17-8+,18-16-;/t23-;21-;/m00./s1. The van der Waals surface area contributed by atoms with Gasteiger partial charge in [0.2, 0.25) is 11.8 Å². The van der Waals surface area contributed by atoms with Crippen LogP contribution in [0.1, 0.15) is 135 Å². The fourth-order valence-corrected chi connectivity index (χ4v) is 8.55. The number of allylic oxidation sites excluding steroid dienone is 18. The Balaban J connectivity index is 0.00000128. The summed E-state index contributed by atoms with van der Waals surface area (Å²) in [6.07, 6.45) is 28.5. The lowest BCUT2D eigenvalue weighted by molar-refractivity contribution is -0.147. The second-order valence-electron chi connectivity index (χ2n) is 18.2. The number of carboxylic acids is 1. The zero-order valence-electron chi connectivity index (χ0n) is 40.7. The maximum Gasteiger partial charge on any atom is 0.328 e. The zero-order valence-corrected chi connectivity index (χ0v) is 42.3. The fraction of sp³-hybridized carbons (Fsp3) is 0.529. The molecule has 0 aromatic carbocycles. The van der Waals surface area contributed by atoms with Gasteiger partial charge in [-0.05, 0) is 133 Å². The van der Waals surface area contributed by atoms with Crippen molar-refractivity contribution in [2.75, 3.05) is 18.1 Å². The van der Waals surface area contributed by atoms with E-state index in [1.165, 1.54) is 60.1 Å². The molecule has 16 heteroatoms. The van der Waals surface area contributed by atoms with Gasteiger partial charge in [-0.1, -0.05) is 118 Å². The normalized spacial score (nSPS) is 18.4. The molecule has 0 bridgehead atoms. The van der Waals surface area contributed by atoms with Gasteiger partial charge in [0.05, 0.1) is 18.1 Å². The van der Waals surface area contributed by atoms with E-state index < -0.39 is 74.0 Å². The van der Waals surface area contributed by atoms with Crippen LogP contribution in [0.5, 0.6) is 0 Å². The summed E-state index contributed by atoms with van der Waals surface area (Å²) in [6, 6.07) is -2.58. The van der Waals surface area contributed by atoms with E-state index >= 15 is 0 Å². The molecule has 2 amide bonds. The van der Waals surface area contributed by atoms with E-state index in [-0.39, 0.29) is 31.3 Å². The van der Waals surface area contributed by atoms with E-state index in [1.807, 2.05) is 32.1 Å². The third-order valence-electron chi connectivity index (χ3n) is 11.1. The molecule has 5 N–H and O–H groups in total. The number of amides is 2. The molecule has 2 aliphatic carbocycles. The minimum atomic E-state index is -4.31. The summed E-state index contributed by atoms with van der Waals surface area (Å²) in [5.74, 6) is -4.75. The third kappa shape index (κ3) is 26.3. The molecule has 0 aromatic heterocycles. The number of rotatable bonds is 21. The van der Waals surface area contributed by atoms with E-state index in [2.05, 4.69) is 76.5 Å². The molecule has 0 aromatic rings. The van der Waals surface area contributed by atoms with E-state index in [0.717, 1.165) is 24.0 Å². The molecule has 0 fully saturated rings. The van der Waals surface area contributed by atoms with Crippen molar-refractivity contribution < 1.29 is 55.0 Å². The number of carbonyl (C=O) groups excluding carboxylic acids is 3. The minimum absolute atomic E-state index is 0. The van der Waals surface area contributed by atoms with Crippen LogP contribution >= 0.6 is 0 Å². The maximum atomic E-state index is 12.3. The molecule has 0 radical (unpaired) electrons. The van der Waals surface area contributed by atoms with Crippen LogP contribution in [0.2, 0.25) is 0 Å². The summed E-state index contributed by atoms with van der Waals surface area (Å²) < 4.78 is 66.1. The Hall–Kier alpha value is -4.90. The van der Waals surface area contributed by atoms with Crippen molar-refractivity contribution in [3.05, 3.63) is 117 Å². The maximum absolute atomic E-state index is 12.3. The first-order valence-corrected chi connectivity index (χ1v) is 25.4. The smallest absolute Gasteiger partial charge is 0.328 e. The predicted molar refractivity (Wildman–Crippen MR) is 269 cm³/mol. The molecule has 14 nitrogen and oxygen atoms in total. The Labute approximate surface area is 401 Å². The zero-order chi connectivity index (χ0) is 50.5. The molecule has 0 saturated heterocycles. The first kappa shape index (κ1) is 62.1. The van der Waals surface area contributed by atoms with Crippen molar-refractivity contribution in [1.29, 1.82) is 0 Å². The molecule has 2 aliphatic rings. The summed E-state index contributed by atoms with van der Waals surface area (Å²) in [5.41, 5.74) is 9.39. The molecule has 2 atom stereocenters. The summed E-state index contributed by atoms with van der Waals surface area (Å²) in [5, 5.41) is 13.8. The van der Waals surface area contributed by atoms with Crippen LogP contribution in [0.4, 0.5) is 0 Å². The van der Waals surface area contributed by atoms with Gasteiger partial charge < -0.3 is 20.5 Å². The van der Waals surface area contributed by atoms with Crippen molar-refractivity contribution >= 4 is 44.0 Å². The topological polar surface area (TPSA) is 231 Å². The number of aliphatic carboxylic acids is 1. The molecule has 0 unspecified atom stereocenters. The van der Waals surface area contributed by atoms with Gasteiger partial charge >= 0.3 is 11.9 Å². The molecule has 2 rings (SSSR count). The van der Waals surface area contributed by atoms with Crippen LogP contribution in [-0.2, 0) is 44.2 Å². The largest absolute Gasteiger partial charge is 0.480 e. The van der Waals surface area contributed by atoms with Crippen LogP contribution in [0.15, 0.2) is 117 Å². The van der Waals surface area contributed by atoms with Gasteiger partial charge in [0, 0.05) is 12.2 Å². The Morgan fingerprint density at radius 1 is 0.657 bits per heavy atom. The summed E-state index contributed by atoms with van der Waals surface area (Å²) in [4.78, 5) is 47.5. The molecule has 376 valence electrons. The Bertz CT molecular complexity index is 2280. The van der Waals surface area contributed by atoms with Crippen LogP contribution in [0.25, 0.3) is 0 Å². The number of hydrogen-bond acceptors (Lipinski definition) is 9. The van der Waals surface area contributed by atoms with Crippen molar-refractivity contribution in [3.63, 3.8) is 0 Å². The van der Waals surface area contributed by atoms with Gasteiger partial charge in [-0.3, -0.25) is 18.7 Å². The number of hydrogen-bond donors (Lipinski definition) is 5. The summed E-state index contributed by atoms with van der Waals surface area (Å²) in [7, 11) is -8.58. The third-order valence-corrected chi connectivity index (χ3v) is 12.6. The highest BCUT2D eigenvalue weighted by Gasteiger charge is 2.28. The van der Waals surface area contributed by atoms with Crippen LogP contribution < -0.4 is 10.6 Å². The quantitative estimate of drug-likeness (QED) is 0.0313. The summed E-state index contributed by atoms with van der Waals surface area (Å²) >= 11 is 0. The molecule has 0 heterocycles. The predicted octanol–water partition coefficient (Wildman–Crippen LogP) is 9.85. The van der Waals surface area contributed by atoms with Gasteiger partial charge in [-0.25, -0.2) is 9.59 Å². The SMILES string of the molecule is C.CC1=C(/C=C/C(C)=C/C=C/C(C)=C\C(=O)N[C@@H](CCS(=O)(=O)O)C(=O)O)C(C)(C)CCC1.CCOC(=O)[C@H](CCS(=O)(=O)O)NC(=O)\C=C(C)/C=C/C=C(C)/C=C/C1=C(C)CCCC1(C)C. The monoisotopic (exact) mass is 974 g/mol. The lowest BCUT2D eigenvalue weighted by atomic mass is 9.72. The van der Waals surface area contributed by atoms with Gasteiger partial charge in [-0.2, -0.15) is 16.8 Å². The molecule has 0 saturated carbocycles. The average molecular weight is 975 g/mol. The van der Waals surface area contributed by atoms with Crippen molar-refractivity contribution in [2.24, 2.45) is 10.8 Å². The van der Waals surface area contributed by atoms with Crippen molar-refractivity contribution in [1.82, 2.24) is 10.6 Å².